The molecule has 0 amide bonds. The summed E-state index contributed by atoms with van der Waals surface area (Å²) in [6, 6.07) is 5.78. The predicted octanol–water partition coefficient (Wildman–Crippen LogP) is -4.04. The second-order valence-corrected chi connectivity index (χ2v) is 8.61. The van der Waals surface area contributed by atoms with E-state index in [0.29, 0.717) is 0 Å². The number of hydrogen-bond acceptors (Lipinski definition) is 6. The van der Waals surface area contributed by atoms with Crippen molar-refractivity contribution >= 4 is 20.2 Å². The standard InChI is InChI=1S/C8H12O3S.C7H8O3S.2Na/c1-7-5-3-4-6-8(7,2)12(9,10)11;1-6-2-4-7(5-3-6)11(8,9)10;;/h3-7H,1-2H3,(H,9,10,11);2-5H,1H3,(H,8,9,10);;/q;;2*+1/p-2. The Morgan fingerprint density at radius 2 is 1.44 bits per heavy atom. The van der Waals surface area contributed by atoms with Crippen molar-refractivity contribution in [2.24, 2.45) is 5.92 Å². The second-order valence-electron chi connectivity index (χ2n) is 5.44. The minimum absolute atomic E-state index is 0. The molecule has 0 aromatic heterocycles. The number of allylic oxidation sites excluding steroid dienone is 3. The van der Waals surface area contributed by atoms with Crippen LogP contribution < -0.4 is 59.1 Å². The summed E-state index contributed by atoms with van der Waals surface area (Å²) < 4.78 is 62.5. The van der Waals surface area contributed by atoms with Gasteiger partial charge >= 0.3 is 59.1 Å². The summed E-state index contributed by atoms with van der Waals surface area (Å²) in [5.74, 6) is -0.259. The molecule has 0 bridgehead atoms. The van der Waals surface area contributed by atoms with E-state index >= 15 is 0 Å². The quantitative estimate of drug-likeness (QED) is 0.366. The van der Waals surface area contributed by atoms with Crippen LogP contribution in [-0.2, 0) is 20.2 Å². The van der Waals surface area contributed by atoms with E-state index in [0.717, 1.165) is 5.56 Å². The van der Waals surface area contributed by atoms with Gasteiger partial charge in [-0.05, 0) is 31.9 Å². The summed E-state index contributed by atoms with van der Waals surface area (Å²) in [6.45, 7) is 4.98. The van der Waals surface area contributed by atoms with Gasteiger partial charge in [0.25, 0.3) is 0 Å². The first kappa shape index (κ1) is 27.7. The average molecular weight is 404 g/mol. The third-order valence-electron chi connectivity index (χ3n) is 3.69. The summed E-state index contributed by atoms with van der Waals surface area (Å²) in [5.41, 5.74) is 0.928. The number of hydrogen-bond donors (Lipinski definition) is 0. The van der Waals surface area contributed by atoms with Gasteiger partial charge in [-0.2, -0.15) is 0 Å². The topological polar surface area (TPSA) is 114 Å². The molecule has 0 aliphatic heterocycles. The van der Waals surface area contributed by atoms with Crippen LogP contribution in [0.5, 0.6) is 0 Å². The van der Waals surface area contributed by atoms with Crippen molar-refractivity contribution < 1.29 is 85.1 Å². The molecule has 0 saturated heterocycles. The van der Waals surface area contributed by atoms with E-state index in [1.807, 2.05) is 6.92 Å². The predicted molar refractivity (Wildman–Crippen MR) is 84.7 cm³/mol. The smallest absolute Gasteiger partial charge is 0.747 e. The molecule has 10 heteroatoms. The molecule has 2 rings (SSSR count). The molecule has 2 atom stereocenters. The van der Waals surface area contributed by atoms with E-state index in [9.17, 15) is 25.9 Å². The molecule has 0 radical (unpaired) electrons. The SMILES string of the molecule is CC1C=CC=CC1(C)S(=O)(=O)[O-].Cc1ccc(S(=O)(=O)[O-])cc1.[Na+].[Na+]. The monoisotopic (exact) mass is 404 g/mol. The molecule has 1 aromatic carbocycles. The van der Waals surface area contributed by atoms with Gasteiger partial charge in [-0.1, -0.05) is 48.9 Å². The summed E-state index contributed by atoms with van der Waals surface area (Å²) in [4.78, 5) is -0.178. The molecule has 128 valence electrons. The molecule has 0 spiro atoms. The molecule has 25 heavy (non-hydrogen) atoms. The van der Waals surface area contributed by atoms with Gasteiger partial charge in [-0.3, -0.25) is 0 Å². The molecule has 0 heterocycles. The van der Waals surface area contributed by atoms with E-state index in [1.165, 1.54) is 25.1 Å². The number of rotatable bonds is 2. The summed E-state index contributed by atoms with van der Waals surface area (Å²) >= 11 is 0. The van der Waals surface area contributed by atoms with Crippen LogP contribution in [0.15, 0.2) is 53.5 Å². The molecule has 0 fully saturated rings. The maximum absolute atomic E-state index is 10.9. The largest absolute Gasteiger partial charge is 1.00 e. The van der Waals surface area contributed by atoms with Crippen LogP contribution in [0.2, 0.25) is 0 Å². The Morgan fingerprint density at radius 1 is 0.960 bits per heavy atom. The zero-order chi connectivity index (χ0) is 17.9. The van der Waals surface area contributed by atoms with Gasteiger partial charge in [0.1, 0.15) is 20.2 Å². The van der Waals surface area contributed by atoms with Crippen LogP contribution in [0, 0.1) is 12.8 Å². The molecular formula is C15H18Na2O6S2. The summed E-state index contributed by atoms with van der Waals surface area (Å²) in [6.07, 6.45) is 6.50. The molecule has 1 aromatic rings. The van der Waals surface area contributed by atoms with Crippen molar-refractivity contribution in [1.29, 1.82) is 0 Å². The fourth-order valence-electron chi connectivity index (χ4n) is 1.84. The summed E-state index contributed by atoms with van der Waals surface area (Å²) in [7, 11) is -8.53. The minimum Gasteiger partial charge on any atom is -0.747 e. The third kappa shape index (κ3) is 7.96. The molecule has 6 nitrogen and oxygen atoms in total. The number of benzene rings is 1. The Bertz CT molecular complexity index is 814. The van der Waals surface area contributed by atoms with Gasteiger partial charge < -0.3 is 9.11 Å². The maximum Gasteiger partial charge on any atom is 1.00 e. The van der Waals surface area contributed by atoms with Crippen molar-refractivity contribution in [1.82, 2.24) is 0 Å². The van der Waals surface area contributed by atoms with E-state index < -0.39 is 25.0 Å². The van der Waals surface area contributed by atoms with Crippen LogP contribution in [0.1, 0.15) is 19.4 Å². The molecule has 1 aliphatic rings. The average Bonchev–Trinajstić information content (AvgIpc) is 2.41. The first-order valence-electron chi connectivity index (χ1n) is 6.72. The van der Waals surface area contributed by atoms with E-state index in [2.05, 4.69) is 0 Å². The fraction of sp³-hybridized carbons (Fsp3) is 0.333. The van der Waals surface area contributed by atoms with Crippen molar-refractivity contribution in [3.63, 3.8) is 0 Å². The van der Waals surface area contributed by atoms with E-state index in [-0.39, 0.29) is 69.9 Å². The van der Waals surface area contributed by atoms with Gasteiger partial charge in [-0.15, -0.1) is 0 Å². The van der Waals surface area contributed by atoms with Crippen LogP contribution in [0.3, 0.4) is 0 Å². The molecule has 2 unspecified atom stereocenters. The van der Waals surface area contributed by atoms with Crippen molar-refractivity contribution in [3.05, 3.63) is 54.1 Å². The van der Waals surface area contributed by atoms with Crippen LogP contribution in [-0.4, -0.2) is 30.7 Å². The normalized spacial score (nSPS) is 22.0. The first-order chi connectivity index (χ1) is 10.4. The van der Waals surface area contributed by atoms with Gasteiger partial charge in [0.2, 0.25) is 0 Å². The van der Waals surface area contributed by atoms with E-state index in [1.54, 1.807) is 37.3 Å². The van der Waals surface area contributed by atoms with Gasteiger partial charge in [0.05, 0.1) is 9.64 Å². The van der Waals surface area contributed by atoms with Gasteiger partial charge in [0.15, 0.2) is 0 Å². The molecular weight excluding hydrogens is 386 g/mol. The van der Waals surface area contributed by atoms with Crippen molar-refractivity contribution in [2.45, 2.75) is 30.4 Å². The van der Waals surface area contributed by atoms with E-state index in [4.69, 9.17) is 0 Å². The fourth-order valence-corrected chi connectivity index (χ4v) is 3.08. The zero-order valence-electron chi connectivity index (χ0n) is 15.0. The number of aryl methyl sites for hydroxylation is 1. The Labute approximate surface area is 193 Å². The minimum atomic E-state index is -4.27. The Kier molecular flexibility index (Phi) is 11.9. The van der Waals surface area contributed by atoms with Gasteiger partial charge in [0, 0.05) is 0 Å². The summed E-state index contributed by atoms with van der Waals surface area (Å²) in [5, 5.41) is 0. The Balaban J connectivity index is 0. The third-order valence-corrected chi connectivity index (χ3v) is 6.13. The van der Waals surface area contributed by atoms with Crippen molar-refractivity contribution in [3.8, 4) is 0 Å². The molecule has 1 aliphatic carbocycles. The first-order valence-corrected chi connectivity index (χ1v) is 9.53. The Hall–Kier alpha value is 0.520. The van der Waals surface area contributed by atoms with Crippen LogP contribution in [0.4, 0.5) is 0 Å². The van der Waals surface area contributed by atoms with Crippen LogP contribution >= 0.6 is 0 Å². The van der Waals surface area contributed by atoms with Crippen molar-refractivity contribution in [2.75, 3.05) is 0 Å². The Morgan fingerprint density at radius 3 is 1.76 bits per heavy atom. The second kappa shape index (κ2) is 10.8. The van der Waals surface area contributed by atoms with Crippen LogP contribution in [0.25, 0.3) is 0 Å². The van der Waals surface area contributed by atoms with Gasteiger partial charge in [-0.25, -0.2) is 16.8 Å². The molecule has 0 N–H and O–H groups in total. The zero-order valence-corrected chi connectivity index (χ0v) is 20.6. The molecule has 0 saturated carbocycles. The maximum atomic E-state index is 10.9.